The van der Waals surface area contributed by atoms with Gasteiger partial charge in [0.05, 0.1) is 6.04 Å². The van der Waals surface area contributed by atoms with E-state index in [4.69, 9.17) is 0 Å². The van der Waals surface area contributed by atoms with E-state index in [0.29, 0.717) is 12.7 Å². The van der Waals surface area contributed by atoms with Crippen LogP contribution in [0.2, 0.25) is 0 Å². The first-order valence-electron chi connectivity index (χ1n) is 13.2. The molecule has 6 rings (SSSR count). The lowest BCUT2D eigenvalue weighted by molar-refractivity contribution is 0.0589. The Morgan fingerprint density at radius 3 is 2.69 bits per heavy atom. The number of hydrogen-bond donors (Lipinski definition) is 1. The third-order valence-electron chi connectivity index (χ3n) is 8.41. The minimum atomic E-state index is -0.520. The molecule has 7 nitrogen and oxygen atoms in total. The predicted molar refractivity (Wildman–Crippen MR) is 140 cm³/mol. The van der Waals surface area contributed by atoms with Gasteiger partial charge in [0.2, 0.25) is 5.43 Å². The summed E-state index contributed by atoms with van der Waals surface area (Å²) < 4.78 is 1.75. The molecule has 2 aliphatic heterocycles. The fourth-order valence-corrected chi connectivity index (χ4v) is 6.45. The highest BCUT2D eigenvalue weighted by Crippen LogP contribution is 2.42. The molecular formula is C29H34N4O3. The van der Waals surface area contributed by atoms with E-state index in [1.807, 2.05) is 4.90 Å². The van der Waals surface area contributed by atoms with Gasteiger partial charge < -0.3 is 10.0 Å². The van der Waals surface area contributed by atoms with Crippen LogP contribution < -0.4 is 10.4 Å². The van der Waals surface area contributed by atoms with E-state index in [9.17, 15) is 14.7 Å². The van der Waals surface area contributed by atoms with E-state index in [-0.39, 0.29) is 23.7 Å². The van der Waals surface area contributed by atoms with Crippen LogP contribution >= 0.6 is 0 Å². The zero-order valence-corrected chi connectivity index (χ0v) is 21.1. The molecule has 1 unspecified atom stereocenters. The van der Waals surface area contributed by atoms with E-state index in [1.54, 1.807) is 10.9 Å². The summed E-state index contributed by atoms with van der Waals surface area (Å²) in [4.78, 5) is 30.6. The van der Waals surface area contributed by atoms with Gasteiger partial charge in [0.15, 0.2) is 11.4 Å². The number of fused-ring (bicyclic) bond motifs is 2. The summed E-state index contributed by atoms with van der Waals surface area (Å²) in [6, 6.07) is 10.3. The van der Waals surface area contributed by atoms with E-state index < -0.39 is 11.2 Å². The molecule has 1 N–H and O–H groups in total. The maximum absolute atomic E-state index is 13.8. The topological polar surface area (TPSA) is 69.0 Å². The number of carbonyl (C=O) groups is 1. The van der Waals surface area contributed by atoms with Crippen molar-refractivity contribution in [1.82, 2.24) is 14.5 Å². The number of aromatic hydroxyl groups is 1. The number of likely N-dealkylation sites (tertiary alicyclic amines) is 1. The number of hydrogen-bond acceptors (Lipinski definition) is 5. The molecule has 2 aliphatic carbocycles. The van der Waals surface area contributed by atoms with Gasteiger partial charge in [-0.3, -0.25) is 24.2 Å². The lowest BCUT2D eigenvalue weighted by Gasteiger charge is -2.46. The maximum Gasteiger partial charge on any atom is 0.278 e. The first-order chi connectivity index (χ1) is 17.4. The van der Waals surface area contributed by atoms with Crippen molar-refractivity contribution >= 4 is 5.91 Å². The van der Waals surface area contributed by atoms with Crippen LogP contribution in [0.5, 0.6) is 5.75 Å². The van der Waals surface area contributed by atoms with Gasteiger partial charge in [-0.2, -0.15) is 0 Å². The molecule has 3 heterocycles. The SMILES string of the molecule is CC(C)N1CC[C@@H](N2CN(C3C4=C(C=CCC4)CCc4ccccc43)n3ccc(=O)c(O)c3C2=O)C1. The summed E-state index contributed by atoms with van der Waals surface area (Å²) in [7, 11) is 0. The second-order valence-electron chi connectivity index (χ2n) is 10.7. The fourth-order valence-electron chi connectivity index (χ4n) is 6.45. The molecule has 1 fully saturated rings. The Balaban J connectivity index is 1.52. The fraction of sp³-hybridized carbons (Fsp3) is 0.448. The molecule has 7 heteroatoms. The highest BCUT2D eigenvalue weighted by atomic mass is 16.3. The third-order valence-corrected chi connectivity index (χ3v) is 8.41. The van der Waals surface area contributed by atoms with Crippen LogP contribution in [-0.4, -0.2) is 57.3 Å². The summed E-state index contributed by atoms with van der Waals surface area (Å²) in [5.41, 5.74) is 4.85. The largest absolute Gasteiger partial charge is 0.502 e. The number of rotatable bonds is 3. The summed E-state index contributed by atoms with van der Waals surface area (Å²) in [5, 5.41) is 13.1. The number of benzene rings is 1. The van der Waals surface area contributed by atoms with Crippen molar-refractivity contribution in [2.45, 2.75) is 64.1 Å². The Morgan fingerprint density at radius 1 is 1.06 bits per heavy atom. The van der Waals surface area contributed by atoms with Crippen LogP contribution in [0, 0.1) is 0 Å². The minimum absolute atomic E-state index is 0.0339. The van der Waals surface area contributed by atoms with E-state index in [0.717, 1.165) is 45.2 Å². The zero-order chi connectivity index (χ0) is 25.0. The molecule has 0 saturated carbocycles. The van der Waals surface area contributed by atoms with Gasteiger partial charge in [0.25, 0.3) is 5.91 Å². The standard InChI is InChI=1S/C29H34N4O3/c1-19(2)30-15-13-22(17-30)31-18-33(32-16-14-25(34)28(35)27(32)29(31)36)26-23-9-5-3-7-20(23)11-12-21-8-4-6-10-24(21)26/h3-5,7-9,14,16,19,22,26,35H,6,10-13,15,17-18H2,1-2H3/t22-,26?/m1/s1. The second-order valence-corrected chi connectivity index (χ2v) is 10.7. The van der Waals surface area contributed by atoms with Gasteiger partial charge in [-0.05, 0) is 68.2 Å². The first-order valence-corrected chi connectivity index (χ1v) is 13.2. The molecular weight excluding hydrogens is 452 g/mol. The van der Waals surface area contributed by atoms with Gasteiger partial charge in [-0.25, -0.2) is 0 Å². The van der Waals surface area contributed by atoms with Crippen molar-refractivity contribution in [3.05, 3.63) is 86.9 Å². The van der Waals surface area contributed by atoms with E-state index in [2.05, 4.69) is 60.2 Å². The summed E-state index contributed by atoms with van der Waals surface area (Å²) >= 11 is 0. The second kappa shape index (κ2) is 8.96. The van der Waals surface area contributed by atoms with Crippen LogP contribution in [0.25, 0.3) is 0 Å². The number of aryl methyl sites for hydroxylation is 1. The van der Waals surface area contributed by atoms with Crippen LogP contribution in [0.3, 0.4) is 0 Å². The quantitative estimate of drug-likeness (QED) is 0.716. The molecule has 1 aromatic heterocycles. The van der Waals surface area contributed by atoms with Crippen LogP contribution in [0.1, 0.15) is 67.2 Å². The molecule has 36 heavy (non-hydrogen) atoms. The molecule has 0 bridgehead atoms. The normalized spacial score (nSPS) is 24.1. The third kappa shape index (κ3) is 3.68. The smallest absolute Gasteiger partial charge is 0.278 e. The summed E-state index contributed by atoms with van der Waals surface area (Å²) in [6.45, 7) is 6.50. The van der Waals surface area contributed by atoms with Gasteiger partial charge in [0.1, 0.15) is 6.67 Å². The number of allylic oxidation sites excluding steroid dienone is 3. The van der Waals surface area contributed by atoms with Crippen LogP contribution in [0.15, 0.2) is 64.6 Å². The predicted octanol–water partition coefficient (Wildman–Crippen LogP) is 3.72. The number of pyridine rings is 1. The van der Waals surface area contributed by atoms with E-state index in [1.165, 1.54) is 28.3 Å². The number of amides is 1. The molecule has 188 valence electrons. The summed E-state index contributed by atoms with van der Waals surface area (Å²) in [6.07, 6.45) is 11.0. The lowest BCUT2D eigenvalue weighted by Crippen LogP contribution is -2.58. The maximum atomic E-state index is 13.8. The highest BCUT2D eigenvalue weighted by Gasteiger charge is 2.42. The Morgan fingerprint density at radius 2 is 1.89 bits per heavy atom. The molecule has 2 atom stereocenters. The van der Waals surface area contributed by atoms with Gasteiger partial charge in [-0.15, -0.1) is 0 Å². The minimum Gasteiger partial charge on any atom is -0.502 e. The van der Waals surface area contributed by atoms with Gasteiger partial charge >= 0.3 is 0 Å². The number of carbonyl (C=O) groups excluding carboxylic acids is 1. The first kappa shape index (κ1) is 23.1. The molecule has 4 aliphatic rings. The number of nitrogens with zero attached hydrogens (tertiary/aromatic N) is 4. The van der Waals surface area contributed by atoms with Crippen LogP contribution in [0.4, 0.5) is 0 Å². The zero-order valence-electron chi connectivity index (χ0n) is 21.1. The Kier molecular flexibility index (Phi) is 5.75. The van der Waals surface area contributed by atoms with Crippen LogP contribution in [-0.2, 0) is 6.42 Å². The average molecular weight is 487 g/mol. The molecule has 2 aromatic rings. The molecule has 1 saturated heterocycles. The van der Waals surface area contributed by atoms with Gasteiger partial charge in [-0.1, -0.05) is 36.4 Å². The molecule has 0 radical (unpaired) electrons. The van der Waals surface area contributed by atoms with Crippen molar-refractivity contribution in [3.8, 4) is 5.75 Å². The van der Waals surface area contributed by atoms with Crippen molar-refractivity contribution in [1.29, 1.82) is 0 Å². The van der Waals surface area contributed by atoms with Crippen molar-refractivity contribution < 1.29 is 9.90 Å². The van der Waals surface area contributed by atoms with Crippen molar-refractivity contribution in [2.24, 2.45) is 0 Å². The van der Waals surface area contributed by atoms with Crippen molar-refractivity contribution in [3.63, 3.8) is 0 Å². The average Bonchev–Trinajstić information content (AvgIpc) is 3.31. The molecule has 1 aromatic carbocycles. The molecule has 1 amide bonds. The Hall–Kier alpha value is -3.32. The van der Waals surface area contributed by atoms with Gasteiger partial charge in [0, 0.05) is 37.4 Å². The summed E-state index contributed by atoms with van der Waals surface area (Å²) in [5.74, 6) is -0.729. The Labute approximate surface area is 211 Å². The lowest BCUT2D eigenvalue weighted by atomic mass is 9.88. The Bertz CT molecular complexity index is 1320. The highest BCUT2D eigenvalue weighted by molar-refractivity contribution is 5.96. The van der Waals surface area contributed by atoms with Crippen molar-refractivity contribution in [2.75, 3.05) is 24.8 Å². The number of aromatic nitrogens is 1. The van der Waals surface area contributed by atoms with E-state index >= 15 is 0 Å². The molecule has 0 spiro atoms. The monoisotopic (exact) mass is 486 g/mol.